The second-order valence-electron chi connectivity index (χ2n) is 4.88. The molecule has 0 bridgehead atoms. The van der Waals surface area contributed by atoms with Gasteiger partial charge in [-0.15, -0.1) is 0 Å². The summed E-state index contributed by atoms with van der Waals surface area (Å²) < 4.78 is 10.9. The van der Waals surface area contributed by atoms with Crippen molar-refractivity contribution in [3.05, 3.63) is 0 Å². The Balaban J connectivity index is 2.41. The van der Waals surface area contributed by atoms with Crippen molar-refractivity contribution < 1.29 is 9.47 Å². The number of nitrogens with one attached hydrogen (secondary N) is 1. The molecule has 1 N–H and O–H groups in total. The molecular weight excluding hydrogens is 178 g/mol. The molecule has 1 rings (SSSR count). The molecule has 0 saturated carbocycles. The molecule has 1 fully saturated rings. The lowest BCUT2D eigenvalue weighted by Gasteiger charge is -2.32. The van der Waals surface area contributed by atoms with Gasteiger partial charge < -0.3 is 14.8 Å². The fourth-order valence-electron chi connectivity index (χ4n) is 1.73. The monoisotopic (exact) mass is 201 g/mol. The average Bonchev–Trinajstić information content (AvgIpc) is 2.54. The van der Waals surface area contributed by atoms with Crippen LogP contribution in [0.1, 0.15) is 34.1 Å². The normalized spacial score (nSPS) is 21.4. The Hall–Kier alpha value is -0.120. The van der Waals surface area contributed by atoms with Crippen LogP contribution in [0.4, 0.5) is 0 Å². The van der Waals surface area contributed by atoms with Gasteiger partial charge in [0.15, 0.2) is 6.29 Å². The summed E-state index contributed by atoms with van der Waals surface area (Å²) in [5.41, 5.74) is 0.255. The van der Waals surface area contributed by atoms with Crippen LogP contribution < -0.4 is 5.32 Å². The molecule has 0 aromatic rings. The molecule has 1 unspecified atom stereocenters. The number of hydrogen-bond acceptors (Lipinski definition) is 3. The molecule has 3 heteroatoms. The zero-order valence-electron chi connectivity index (χ0n) is 9.80. The van der Waals surface area contributed by atoms with Gasteiger partial charge in [-0.2, -0.15) is 0 Å². The summed E-state index contributed by atoms with van der Waals surface area (Å²) in [4.78, 5) is 0. The Morgan fingerprint density at radius 1 is 1.29 bits per heavy atom. The number of rotatable bonds is 4. The van der Waals surface area contributed by atoms with E-state index < -0.39 is 0 Å². The van der Waals surface area contributed by atoms with E-state index in [1.807, 2.05) is 0 Å². The maximum absolute atomic E-state index is 5.46. The molecule has 0 aromatic heterocycles. The minimum atomic E-state index is -0.00160. The van der Waals surface area contributed by atoms with Crippen molar-refractivity contribution in [2.45, 2.75) is 46.4 Å². The maximum atomic E-state index is 5.46. The lowest BCUT2D eigenvalue weighted by atomic mass is 9.84. The molecule has 1 heterocycles. The van der Waals surface area contributed by atoms with Crippen molar-refractivity contribution in [2.75, 3.05) is 19.8 Å². The van der Waals surface area contributed by atoms with Gasteiger partial charge in [-0.3, -0.25) is 0 Å². The Bertz CT molecular complexity index is 159. The van der Waals surface area contributed by atoms with E-state index >= 15 is 0 Å². The first kappa shape index (κ1) is 12.0. The summed E-state index contributed by atoms with van der Waals surface area (Å²) in [5, 5.41) is 3.49. The van der Waals surface area contributed by atoms with Crippen molar-refractivity contribution in [3.8, 4) is 0 Å². The van der Waals surface area contributed by atoms with Gasteiger partial charge in [-0.1, -0.05) is 27.7 Å². The molecular formula is C11H23NO2. The fraction of sp³-hybridized carbons (Fsp3) is 1.00. The summed E-state index contributed by atoms with van der Waals surface area (Å²) in [7, 11) is 0. The summed E-state index contributed by atoms with van der Waals surface area (Å²) in [5.74, 6) is 0. The van der Waals surface area contributed by atoms with Gasteiger partial charge in [0.05, 0.1) is 13.2 Å². The minimum Gasteiger partial charge on any atom is -0.350 e. The second-order valence-corrected chi connectivity index (χ2v) is 4.88. The molecule has 1 saturated heterocycles. The Kier molecular flexibility index (Phi) is 4.35. The lowest BCUT2D eigenvalue weighted by molar-refractivity contribution is -0.0599. The zero-order chi connectivity index (χ0) is 10.6. The first-order valence-corrected chi connectivity index (χ1v) is 5.50. The van der Waals surface area contributed by atoms with Crippen molar-refractivity contribution in [1.82, 2.24) is 5.32 Å². The number of hydrogen-bond donors (Lipinski definition) is 1. The smallest absolute Gasteiger partial charge is 0.159 e. The molecule has 0 spiro atoms. The molecule has 0 aliphatic carbocycles. The van der Waals surface area contributed by atoms with Crippen LogP contribution in [0.2, 0.25) is 0 Å². The highest BCUT2D eigenvalue weighted by atomic mass is 16.7. The molecule has 1 atom stereocenters. The van der Waals surface area contributed by atoms with Crippen LogP contribution in [-0.2, 0) is 9.47 Å². The van der Waals surface area contributed by atoms with E-state index in [0.717, 1.165) is 26.2 Å². The van der Waals surface area contributed by atoms with E-state index in [1.165, 1.54) is 0 Å². The standard InChI is InChI=1S/C11H23NO2/c1-5-12-9(11(2,3)4)8-10-13-6-7-14-10/h9-10,12H,5-8H2,1-4H3. The average molecular weight is 201 g/mol. The largest absolute Gasteiger partial charge is 0.350 e. The van der Waals surface area contributed by atoms with Crippen molar-refractivity contribution >= 4 is 0 Å². The van der Waals surface area contributed by atoms with Crippen LogP contribution >= 0.6 is 0 Å². The Morgan fingerprint density at radius 3 is 2.29 bits per heavy atom. The molecule has 1 aliphatic rings. The highest BCUT2D eigenvalue weighted by Gasteiger charge is 2.29. The van der Waals surface area contributed by atoms with Crippen LogP contribution in [0.5, 0.6) is 0 Å². The van der Waals surface area contributed by atoms with Gasteiger partial charge in [0.25, 0.3) is 0 Å². The highest BCUT2D eigenvalue weighted by Crippen LogP contribution is 2.25. The molecule has 14 heavy (non-hydrogen) atoms. The summed E-state index contributed by atoms with van der Waals surface area (Å²) in [6.07, 6.45) is 0.940. The number of ether oxygens (including phenoxy) is 2. The predicted molar refractivity (Wildman–Crippen MR) is 57.2 cm³/mol. The van der Waals surface area contributed by atoms with Gasteiger partial charge in [-0.05, 0) is 12.0 Å². The Morgan fingerprint density at radius 2 is 1.86 bits per heavy atom. The van der Waals surface area contributed by atoms with Crippen molar-refractivity contribution in [3.63, 3.8) is 0 Å². The summed E-state index contributed by atoms with van der Waals surface area (Å²) >= 11 is 0. The molecule has 1 aliphatic heterocycles. The van der Waals surface area contributed by atoms with E-state index in [4.69, 9.17) is 9.47 Å². The second kappa shape index (κ2) is 5.10. The van der Waals surface area contributed by atoms with E-state index in [9.17, 15) is 0 Å². The third-order valence-electron chi connectivity index (χ3n) is 2.61. The Labute approximate surface area is 87.2 Å². The SMILES string of the molecule is CCNC(CC1OCCO1)C(C)(C)C. The van der Waals surface area contributed by atoms with Crippen LogP contribution in [0.25, 0.3) is 0 Å². The van der Waals surface area contributed by atoms with Gasteiger partial charge in [0.2, 0.25) is 0 Å². The third-order valence-corrected chi connectivity index (χ3v) is 2.61. The molecule has 0 radical (unpaired) electrons. The molecule has 3 nitrogen and oxygen atoms in total. The van der Waals surface area contributed by atoms with Gasteiger partial charge in [0, 0.05) is 12.5 Å². The summed E-state index contributed by atoms with van der Waals surface area (Å²) in [6, 6.07) is 0.454. The fourth-order valence-corrected chi connectivity index (χ4v) is 1.73. The highest BCUT2D eigenvalue weighted by molar-refractivity contribution is 4.81. The van der Waals surface area contributed by atoms with Crippen LogP contribution in [0, 0.1) is 5.41 Å². The van der Waals surface area contributed by atoms with E-state index in [2.05, 4.69) is 33.0 Å². The first-order valence-electron chi connectivity index (χ1n) is 5.50. The first-order chi connectivity index (χ1) is 6.54. The quantitative estimate of drug-likeness (QED) is 0.752. The van der Waals surface area contributed by atoms with Crippen LogP contribution in [-0.4, -0.2) is 32.1 Å². The van der Waals surface area contributed by atoms with E-state index in [-0.39, 0.29) is 11.7 Å². The third kappa shape index (κ3) is 3.56. The van der Waals surface area contributed by atoms with E-state index in [1.54, 1.807) is 0 Å². The maximum Gasteiger partial charge on any atom is 0.159 e. The topological polar surface area (TPSA) is 30.5 Å². The van der Waals surface area contributed by atoms with Crippen molar-refractivity contribution in [1.29, 1.82) is 0 Å². The van der Waals surface area contributed by atoms with Gasteiger partial charge in [-0.25, -0.2) is 0 Å². The van der Waals surface area contributed by atoms with Crippen LogP contribution in [0.15, 0.2) is 0 Å². The van der Waals surface area contributed by atoms with E-state index in [0.29, 0.717) is 6.04 Å². The zero-order valence-corrected chi connectivity index (χ0v) is 9.80. The summed E-state index contributed by atoms with van der Waals surface area (Å²) in [6.45, 7) is 11.4. The molecule has 0 aromatic carbocycles. The predicted octanol–water partition coefficient (Wildman–Crippen LogP) is 1.77. The molecule has 0 amide bonds. The van der Waals surface area contributed by atoms with Crippen LogP contribution in [0.3, 0.4) is 0 Å². The van der Waals surface area contributed by atoms with Gasteiger partial charge in [0.1, 0.15) is 0 Å². The molecule has 84 valence electrons. The minimum absolute atomic E-state index is 0.00160. The van der Waals surface area contributed by atoms with Gasteiger partial charge >= 0.3 is 0 Å². The lowest BCUT2D eigenvalue weighted by Crippen LogP contribution is -2.42. The van der Waals surface area contributed by atoms with Crippen molar-refractivity contribution in [2.24, 2.45) is 5.41 Å².